The van der Waals surface area contributed by atoms with Crippen LogP contribution in [-0.4, -0.2) is 30.3 Å². The fourth-order valence-corrected chi connectivity index (χ4v) is 1.17. The van der Waals surface area contributed by atoms with Gasteiger partial charge in [-0.15, -0.1) is 0 Å². The number of hydrogen-bond donors (Lipinski definition) is 2. The van der Waals surface area contributed by atoms with Gasteiger partial charge in [0.2, 0.25) is 0 Å². The summed E-state index contributed by atoms with van der Waals surface area (Å²) in [5.41, 5.74) is 0. The van der Waals surface area contributed by atoms with E-state index in [4.69, 9.17) is 0 Å². The van der Waals surface area contributed by atoms with Crippen molar-refractivity contribution in [2.24, 2.45) is 5.92 Å². The van der Waals surface area contributed by atoms with Gasteiger partial charge < -0.3 is 10.1 Å². The molecule has 0 aromatic carbocycles. The number of methoxy groups -OCH3 is 1. The van der Waals surface area contributed by atoms with Crippen molar-refractivity contribution < 1.29 is 14.3 Å². The molecule has 1 N–H and O–H groups in total. The second kappa shape index (κ2) is 5.90. The van der Waals surface area contributed by atoms with E-state index >= 15 is 0 Å². The molecule has 0 saturated heterocycles. The molecule has 0 heterocycles. The van der Waals surface area contributed by atoms with Gasteiger partial charge in [-0.25, -0.2) is 4.79 Å². The Hall–Kier alpha value is -0.710. The number of ketones is 1. The number of nitrogens with one attached hydrogen (secondary N) is 1. The smallest absolute Gasteiger partial charge is 0.407 e. The van der Waals surface area contributed by atoms with Crippen LogP contribution in [-0.2, 0) is 9.53 Å². The SMILES string of the molecule is COC(=O)N[C@@H](C(=O)C(C)S)C(C)C. The fraction of sp³-hybridized carbons (Fsp3) is 0.778. The highest BCUT2D eigenvalue weighted by Crippen LogP contribution is 2.08. The van der Waals surface area contributed by atoms with E-state index in [1.165, 1.54) is 7.11 Å². The number of ether oxygens (including phenoxy) is 1. The first kappa shape index (κ1) is 13.3. The van der Waals surface area contributed by atoms with Gasteiger partial charge in [0.05, 0.1) is 18.4 Å². The maximum atomic E-state index is 11.6. The summed E-state index contributed by atoms with van der Waals surface area (Å²) in [7, 11) is 1.27. The molecule has 0 rings (SSSR count). The zero-order valence-corrected chi connectivity index (χ0v) is 9.80. The highest BCUT2D eigenvalue weighted by atomic mass is 32.1. The molecule has 1 amide bonds. The highest BCUT2D eigenvalue weighted by molar-refractivity contribution is 7.81. The summed E-state index contributed by atoms with van der Waals surface area (Å²) in [6, 6.07) is -0.532. The first-order valence-electron chi connectivity index (χ1n) is 4.46. The Morgan fingerprint density at radius 1 is 1.29 bits per heavy atom. The van der Waals surface area contributed by atoms with Gasteiger partial charge in [-0.2, -0.15) is 12.6 Å². The molecule has 0 aliphatic rings. The van der Waals surface area contributed by atoms with Crippen molar-refractivity contribution in [3.05, 3.63) is 0 Å². The molecule has 0 saturated carbocycles. The van der Waals surface area contributed by atoms with Gasteiger partial charge in [0.1, 0.15) is 0 Å². The lowest BCUT2D eigenvalue weighted by molar-refractivity contribution is -0.121. The van der Waals surface area contributed by atoms with Crippen LogP contribution in [0.15, 0.2) is 0 Å². The second-order valence-electron chi connectivity index (χ2n) is 3.44. The quantitative estimate of drug-likeness (QED) is 0.700. The van der Waals surface area contributed by atoms with Crippen LogP contribution in [0, 0.1) is 5.92 Å². The molecule has 5 heteroatoms. The Kier molecular flexibility index (Phi) is 5.60. The summed E-state index contributed by atoms with van der Waals surface area (Å²) in [5.74, 6) is -0.0788. The zero-order valence-electron chi connectivity index (χ0n) is 8.90. The van der Waals surface area contributed by atoms with E-state index in [1.54, 1.807) is 6.92 Å². The van der Waals surface area contributed by atoms with Crippen molar-refractivity contribution in [2.45, 2.75) is 32.1 Å². The van der Waals surface area contributed by atoms with Crippen molar-refractivity contribution in [1.29, 1.82) is 0 Å². The summed E-state index contributed by atoms with van der Waals surface area (Å²) in [6.07, 6.45) is -0.592. The van der Waals surface area contributed by atoms with Gasteiger partial charge in [0.25, 0.3) is 0 Å². The number of hydrogen-bond acceptors (Lipinski definition) is 4. The monoisotopic (exact) mass is 219 g/mol. The van der Waals surface area contributed by atoms with Gasteiger partial charge in [-0.1, -0.05) is 13.8 Å². The van der Waals surface area contributed by atoms with E-state index in [9.17, 15) is 9.59 Å². The Labute approximate surface area is 89.8 Å². The average Bonchev–Trinajstić information content (AvgIpc) is 2.11. The van der Waals surface area contributed by atoms with Crippen molar-refractivity contribution in [1.82, 2.24) is 5.32 Å². The molecule has 82 valence electrons. The molecule has 0 fully saturated rings. The Morgan fingerprint density at radius 3 is 2.07 bits per heavy atom. The first-order chi connectivity index (χ1) is 6.40. The molecule has 0 aromatic rings. The molecule has 1 unspecified atom stereocenters. The largest absolute Gasteiger partial charge is 0.453 e. The van der Waals surface area contributed by atoms with E-state index in [-0.39, 0.29) is 17.0 Å². The van der Waals surface area contributed by atoms with Crippen LogP contribution in [0.5, 0.6) is 0 Å². The molecule has 0 aliphatic heterocycles. The van der Waals surface area contributed by atoms with Gasteiger partial charge in [0, 0.05) is 0 Å². The van der Waals surface area contributed by atoms with Crippen LogP contribution >= 0.6 is 12.6 Å². The second-order valence-corrected chi connectivity index (χ2v) is 4.21. The van der Waals surface area contributed by atoms with Gasteiger partial charge >= 0.3 is 6.09 Å². The Morgan fingerprint density at radius 2 is 1.79 bits per heavy atom. The highest BCUT2D eigenvalue weighted by Gasteiger charge is 2.26. The minimum absolute atomic E-state index is 0.0243. The number of amides is 1. The summed E-state index contributed by atoms with van der Waals surface area (Å²) >= 11 is 4.04. The molecule has 0 spiro atoms. The molecular formula is C9H17NO3S. The lowest BCUT2D eigenvalue weighted by Gasteiger charge is -2.21. The fourth-order valence-electron chi connectivity index (χ4n) is 1.01. The van der Waals surface area contributed by atoms with E-state index in [1.807, 2.05) is 13.8 Å². The van der Waals surface area contributed by atoms with Gasteiger partial charge in [-0.05, 0) is 12.8 Å². The molecule has 0 aliphatic carbocycles. The summed E-state index contributed by atoms with van der Waals surface area (Å²) in [6.45, 7) is 5.39. The molecule has 4 nitrogen and oxygen atoms in total. The number of rotatable bonds is 4. The van der Waals surface area contributed by atoms with E-state index in [2.05, 4.69) is 22.7 Å². The van der Waals surface area contributed by atoms with Crippen LogP contribution in [0.4, 0.5) is 4.79 Å². The lowest BCUT2D eigenvalue weighted by Crippen LogP contribution is -2.46. The van der Waals surface area contributed by atoms with E-state index in [0.717, 1.165) is 0 Å². The molecular weight excluding hydrogens is 202 g/mol. The minimum atomic E-state index is -0.592. The normalized spacial score (nSPS) is 14.7. The number of alkyl carbamates (subject to hydrolysis) is 1. The van der Waals surface area contributed by atoms with Crippen LogP contribution in [0.3, 0.4) is 0 Å². The molecule has 2 atom stereocenters. The predicted molar refractivity (Wildman–Crippen MR) is 57.6 cm³/mol. The summed E-state index contributed by atoms with van der Waals surface area (Å²) in [4.78, 5) is 22.5. The van der Waals surface area contributed by atoms with E-state index in [0.29, 0.717) is 0 Å². The predicted octanol–water partition coefficient (Wildman–Crippen LogP) is 1.25. The van der Waals surface area contributed by atoms with Crippen LogP contribution < -0.4 is 5.32 Å². The van der Waals surface area contributed by atoms with Crippen molar-refractivity contribution in [3.63, 3.8) is 0 Å². The van der Waals surface area contributed by atoms with Gasteiger partial charge in [0.15, 0.2) is 5.78 Å². The number of carbonyl (C=O) groups excluding carboxylic acids is 2. The first-order valence-corrected chi connectivity index (χ1v) is 4.98. The van der Waals surface area contributed by atoms with E-state index < -0.39 is 12.1 Å². The maximum absolute atomic E-state index is 11.6. The topological polar surface area (TPSA) is 55.4 Å². The van der Waals surface area contributed by atoms with Crippen molar-refractivity contribution >= 4 is 24.5 Å². The Balaban J connectivity index is 4.45. The zero-order chi connectivity index (χ0) is 11.3. The molecule has 0 aromatic heterocycles. The van der Waals surface area contributed by atoms with Gasteiger partial charge in [-0.3, -0.25) is 4.79 Å². The lowest BCUT2D eigenvalue weighted by atomic mass is 9.98. The van der Waals surface area contributed by atoms with Crippen LogP contribution in [0.1, 0.15) is 20.8 Å². The number of thiol groups is 1. The molecule has 0 radical (unpaired) electrons. The Bertz CT molecular complexity index is 216. The average molecular weight is 219 g/mol. The van der Waals surface area contributed by atoms with Crippen molar-refractivity contribution in [3.8, 4) is 0 Å². The third-order valence-electron chi connectivity index (χ3n) is 1.84. The minimum Gasteiger partial charge on any atom is -0.453 e. The van der Waals surface area contributed by atoms with Crippen LogP contribution in [0.2, 0.25) is 0 Å². The maximum Gasteiger partial charge on any atom is 0.407 e. The number of Topliss-reactive ketones (excluding diaryl/α,β-unsaturated/α-hetero) is 1. The van der Waals surface area contributed by atoms with Crippen molar-refractivity contribution in [2.75, 3.05) is 7.11 Å². The third-order valence-corrected chi connectivity index (χ3v) is 2.10. The van der Waals surface area contributed by atoms with Crippen LogP contribution in [0.25, 0.3) is 0 Å². The standard InChI is InChI=1S/C9H17NO3S/c1-5(2)7(8(11)6(3)14)10-9(12)13-4/h5-7,14H,1-4H3,(H,10,12)/t6?,7-/m1/s1. The summed E-state index contributed by atoms with van der Waals surface area (Å²) in [5, 5.41) is 2.10. The molecule has 0 bridgehead atoms. The molecule has 14 heavy (non-hydrogen) atoms. The number of carbonyl (C=O) groups is 2. The third kappa shape index (κ3) is 4.00. The summed E-state index contributed by atoms with van der Waals surface area (Å²) < 4.78 is 4.43.